The van der Waals surface area contributed by atoms with Gasteiger partial charge in [-0.1, -0.05) is 12.8 Å². The Balaban J connectivity index is 1.50. The fourth-order valence-electron chi connectivity index (χ4n) is 3.70. The Morgan fingerprint density at radius 2 is 1.84 bits per heavy atom. The zero-order valence-electron chi connectivity index (χ0n) is 15.5. The maximum atomic E-state index is 12.6. The molecule has 1 aliphatic heterocycles. The molecule has 0 radical (unpaired) electrons. The molecule has 25 heavy (non-hydrogen) atoms. The molecule has 138 valence electrons. The van der Waals surface area contributed by atoms with E-state index in [0.717, 1.165) is 31.6 Å². The molecule has 2 aliphatic rings. The third kappa shape index (κ3) is 4.03. The van der Waals surface area contributed by atoms with Gasteiger partial charge in [-0.3, -0.25) is 19.2 Å². The summed E-state index contributed by atoms with van der Waals surface area (Å²) < 4.78 is 1.72. The van der Waals surface area contributed by atoms with Gasteiger partial charge in [0.15, 0.2) is 5.69 Å². The van der Waals surface area contributed by atoms with Gasteiger partial charge < -0.3 is 10.2 Å². The molecule has 7 heteroatoms. The van der Waals surface area contributed by atoms with E-state index in [2.05, 4.69) is 15.3 Å². The highest BCUT2D eigenvalue weighted by Crippen LogP contribution is 2.18. The Morgan fingerprint density at radius 1 is 1.20 bits per heavy atom. The monoisotopic (exact) mass is 347 g/mol. The first-order valence-corrected chi connectivity index (χ1v) is 9.30. The Labute approximate surface area is 149 Å². The number of aromatic nitrogens is 2. The average Bonchev–Trinajstić information content (AvgIpc) is 3.24. The lowest BCUT2D eigenvalue weighted by atomic mass is 10.1. The maximum absolute atomic E-state index is 12.6. The molecular formula is C18H29N5O2. The summed E-state index contributed by atoms with van der Waals surface area (Å²) in [4.78, 5) is 29.0. The molecule has 1 unspecified atom stereocenters. The van der Waals surface area contributed by atoms with Gasteiger partial charge in [-0.05, 0) is 32.8 Å². The molecule has 2 fully saturated rings. The summed E-state index contributed by atoms with van der Waals surface area (Å²) in [6, 6.07) is 2.03. The van der Waals surface area contributed by atoms with Gasteiger partial charge >= 0.3 is 0 Å². The molecule has 1 aromatic heterocycles. The molecule has 3 rings (SSSR count). The fourth-order valence-corrected chi connectivity index (χ4v) is 3.70. The molecule has 1 saturated carbocycles. The maximum Gasteiger partial charge on any atom is 0.274 e. The number of carbonyl (C=O) groups is 2. The van der Waals surface area contributed by atoms with Crippen molar-refractivity contribution in [1.82, 2.24) is 24.9 Å². The van der Waals surface area contributed by atoms with E-state index < -0.39 is 0 Å². The highest BCUT2D eigenvalue weighted by atomic mass is 16.2. The van der Waals surface area contributed by atoms with Crippen LogP contribution < -0.4 is 5.32 Å². The van der Waals surface area contributed by atoms with Crippen LogP contribution in [0.1, 0.15) is 48.8 Å². The molecule has 0 aromatic carbocycles. The van der Waals surface area contributed by atoms with Gasteiger partial charge in [-0.15, -0.1) is 0 Å². The summed E-state index contributed by atoms with van der Waals surface area (Å²) in [6.45, 7) is 6.61. The van der Waals surface area contributed by atoms with Gasteiger partial charge in [0.1, 0.15) is 0 Å². The Bertz CT molecular complexity index is 608. The van der Waals surface area contributed by atoms with Crippen molar-refractivity contribution in [2.24, 2.45) is 7.05 Å². The summed E-state index contributed by atoms with van der Waals surface area (Å²) in [5.41, 5.74) is 1.47. The van der Waals surface area contributed by atoms with E-state index in [1.54, 1.807) is 4.68 Å². The van der Waals surface area contributed by atoms with Crippen molar-refractivity contribution < 1.29 is 9.59 Å². The van der Waals surface area contributed by atoms with Gasteiger partial charge in [0.2, 0.25) is 5.91 Å². The van der Waals surface area contributed by atoms with Crippen LogP contribution in [0.15, 0.2) is 6.07 Å². The van der Waals surface area contributed by atoms with E-state index >= 15 is 0 Å². The van der Waals surface area contributed by atoms with Crippen LogP contribution in [0, 0.1) is 6.92 Å². The molecular weight excluding hydrogens is 318 g/mol. The second-order valence-electron chi connectivity index (χ2n) is 7.29. The van der Waals surface area contributed by atoms with E-state index in [4.69, 9.17) is 0 Å². The number of hydrogen-bond donors (Lipinski definition) is 1. The first-order chi connectivity index (χ1) is 12.0. The number of rotatable bonds is 4. The average molecular weight is 347 g/mol. The number of hydrogen-bond acceptors (Lipinski definition) is 4. The van der Waals surface area contributed by atoms with Crippen LogP contribution in [0.2, 0.25) is 0 Å². The van der Waals surface area contributed by atoms with Crippen LogP contribution in [0.4, 0.5) is 0 Å². The van der Waals surface area contributed by atoms with E-state index in [1.165, 1.54) is 12.8 Å². The number of amides is 2. The predicted molar refractivity (Wildman–Crippen MR) is 95.3 cm³/mol. The highest BCUT2D eigenvalue weighted by Gasteiger charge is 2.30. The number of aryl methyl sites for hydroxylation is 2. The van der Waals surface area contributed by atoms with Crippen molar-refractivity contribution in [2.45, 2.75) is 51.6 Å². The van der Waals surface area contributed by atoms with E-state index in [-0.39, 0.29) is 17.9 Å². The van der Waals surface area contributed by atoms with E-state index in [0.29, 0.717) is 24.8 Å². The van der Waals surface area contributed by atoms with E-state index in [9.17, 15) is 9.59 Å². The zero-order chi connectivity index (χ0) is 18.0. The third-order valence-corrected chi connectivity index (χ3v) is 5.56. The molecule has 1 aliphatic carbocycles. The van der Waals surface area contributed by atoms with Gasteiger partial charge in [-0.2, -0.15) is 5.10 Å². The minimum Gasteiger partial charge on any atom is -0.352 e. The minimum absolute atomic E-state index is 0.0218. The second-order valence-corrected chi connectivity index (χ2v) is 7.29. The Morgan fingerprint density at radius 3 is 2.40 bits per heavy atom. The fraction of sp³-hybridized carbons (Fsp3) is 0.722. The molecule has 1 saturated heterocycles. The van der Waals surface area contributed by atoms with Crippen LogP contribution in [0.3, 0.4) is 0 Å². The molecule has 2 heterocycles. The lowest BCUT2D eigenvalue weighted by molar-refractivity contribution is -0.127. The molecule has 7 nitrogen and oxygen atoms in total. The molecule has 0 spiro atoms. The SMILES string of the molecule is Cc1cc(C(=O)N2CCN(C(C)C(=O)NC3CCCC3)CC2)nn1C. The van der Waals surface area contributed by atoms with Crippen LogP contribution >= 0.6 is 0 Å². The largest absolute Gasteiger partial charge is 0.352 e. The molecule has 2 amide bonds. The van der Waals surface area contributed by atoms with Crippen LogP contribution in [0.5, 0.6) is 0 Å². The highest BCUT2D eigenvalue weighted by molar-refractivity contribution is 5.92. The summed E-state index contributed by atoms with van der Waals surface area (Å²) in [5, 5.41) is 7.44. The third-order valence-electron chi connectivity index (χ3n) is 5.56. The van der Waals surface area contributed by atoms with Crippen LogP contribution in [0.25, 0.3) is 0 Å². The van der Waals surface area contributed by atoms with Crippen molar-refractivity contribution in [3.05, 3.63) is 17.5 Å². The number of piperazine rings is 1. The second kappa shape index (κ2) is 7.56. The Hall–Kier alpha value is -1.89. The number of nitrogens with zero attached hydrogens (tertiary/aromatic N) is 4. The summed E-state index contributed by atoms with van der Waals surface area (Å²) in [7, 11) is 1.84. The topological polar surface area (TPSA) is 70.5 Å². The lowest BCUT2D eigenvalue weighted by Crippen LogP contribution is -2.55. The summed E-state index contributed by atoms with van der Waals surface area (Å²) in [5.74, 6) is 0.0958. The van der Waals surface area contributed by atoms with Crippen LogP contribution in [-0.4, -0.2) is 69.7 Å². The van der Waals surface area contributed by atoms with Gasteiger partial charge in [0, 0.05) is 45.0 Å². The summed E-state index contributed by atoms with van der Waals surface area (Å²) >= 11 is 0. The first kappa shape index (κ1) is 17.9. The van der Waals surface area contributed by atoms with Gasteiger partial charge in [0.05, 0.1) is 6.04 Å². The smallest absolute Gasteiger partial charge is 0.274 e. The number of nitrogens with one attached hydrogen (secondary N) is 1. The van der Waals surface area contributed by atoms with Crippen molar-refractivity contribution in [3.8, 4) is 0 Å². The van der Waals surface area contributed by atoms with Gasteiger partial charge in [-0.25, -0.2) is 0 Å². The van der Waals surface area contributed by atoms with Crippen molar-refractivity contribution in [1.29, 1.82) is 0 Å². The van der Waals surface area contributed by atoms with Crippen molar-refractivity contribution in [3.63, 3.8) is 0 Å². The van der Waals surface area contributed by atoms with Crippen molar-refractivity contribution >= 4 is 11.8 Å². The number of carbonyl (C=O) groups excluding carboxylic acids is 2. The lowest BCUT2D eigenvalue weighted by Gasteiger charge is -2.37. The quantitative estimate of drug-likeness (QED) is 0.880. The molecule has 1 N–H and O–H groups in total. The predicted octanol–water partition coefficient (Wildman–Crippen LogP) is 0.934. The first-order valence-electron chi connectivity index (χ1n) is 9.30. The van der Waals surface area contributed by atoms with Crippen LogP contribution in [-0.2, 0) is 11.8 Å². The minimum atomic E-state index is -0.144. The van der Waals surface area contributed by atoms with Gasteiger partial charge in [0.25, 0.3) is 5.91 Å². The van der Waals surface area contributed by atoms with E-state index in [1.807, 2.05) is 31.9 Å². The zero-order valence-corrected chi connectivity index (χ0v) is 15.5. The molecule has 1 atom stereocenters. The normalized spacial score (nSPS) is 20.7. The molecule has 1 aromatic rings. The standard InChI is InChI=1S/C18H29N5O2/c1-13-12-16(20-21(13)3)18(25)23-10-8-22(9-11-23)14(2)17(24)19-15-6-4-5-7-15/h12,14-15H,4-11H2,1-3H3,(H,19,24). The molecule has 0 bridgehead atoms. The van der Waals surface area contributed by atoms with Crippen molar-refractivity contribution in [2.75, 3.05) is 26.2 Å². The Kier molecular flexibility index (Phi) is 5.42. The summed E-state index contributed by atoms with van der Waals surface area (Å²) in [6.07, 6.45) is 4.63.